The molecule has 1 aromatic heterocycles. The Morgan fingerprint density at radius 3 is 2.52 bits per heavy atom. The first-order valence-electron chi connectivity index (χ1n) is 8.79. The molecule has 0 saturated heterocycles. The van der Waals surface area contributed by atoms with Crippen LogP contribution in [-0.4, -0.2) is 0 Å². The van der Waals surface area contributed by atoms with Crippen LogP contribution >= 0.6 is 0 Å². The third kappa shape index (κ3) is 2.87. The predicted molar refractivity (Wildman–Crippen MR) is 107 cm³/mol. The molecule has 1 aliphatic carbocycles. The Morgan fingerprint density at radius 2 is 1.84 bits per heavy atom. The van der Waals surface area contributed by atoms with Gasteiger partial charge in [0, 0.05) is 16.5 Å². The molecule has 4 rings (SSSR count). The van der Waals surface area contributed by atoms with Gasteiger partial charge in [0.15, 0.2) is 0 Å². The van der Waals surface area contributed by atoms with Crippen LogP contribution in [-0.2, 0) is 0 Å². The first-order chi connectivity index (χ1) is 12.2. The topological polar surface area (TPSA) is 13.1 Å². The van der Waals surface area contributed by atoms with Crippen molar-refractivity contribution in [3.05, 3.63) is 82.5 Å². The van der Waals surface area contributed by atoms with Crippen molar-refractivity contribution in [1.29, 1.82) is 0 Å². The molecule has 1 aliphatic rings. The Bertz CT molecular complexity index is 1090. The maximum Gasteiger partial charge on any atom is 0.135 e. The van der Waals surface area contributed by atoms with Crippen LogP contribution in [0.1, 0.15) is 31.7 Å². The largest absolute Gasteiger partial charge is 0.456 e. The molecule has 1 unspecified atom stereocenters. The molecule has 0 saturated carbocycles. The Kier molecular flexibility index (Phi) is 3.93. The average molecular weight is 326 g/mol. The Balaban J connectivity index is 1.67. The summed E-state index contributed by atoms with van der Waals surface area (Å²) < 4.78 is 5.91. The molecule has 1 nitrogen and oxygen atoms in total. The van der Waals surface area contributed by atoms with Crippen molar-refractivity contribution in [2.24, 2.45) is 0 Å². The molecule has 0 amide bonds. The quantitative estimate of drug-likeness (QED) is 0.623. The highest BCUT2D eigenvalue weighted by atomic mass is 16.3. The third-order valence-corrected chi connectivity index (χ3v) is 5.04. The van der Waals surface area contributed by atoms with Gasteiger partial charge in [-0.3, -0.25) is 0 Å². The van der Waals surface area contributed by atoms with E-state index in [4.69, 9.17) is 4.42 Å². The summed E-state index contributed by atoms with van der Waals surface area (Å²) in [6.45, 7) is 8.24. The van der Waals surface area contributed by atoms with E-state index in [2.05, 4.69) is 74.2 Å². The van der Waals surface area contributed by atoms with Crippen molar-refractivity contribution in [2.75, 3.05) is 0 Å². The fourth-order valence-electron chi connectivity index (χ4n) is 3.48. The van der Waals surface area contributed by atoms with Gasteiger partial charge in [-0.1, -0.05) is 60.7 Å². The van der Waals surface area contributed by atoms with E-state index in [0.717, 1.165) is 28.0 Å². The van der Waals surface area contributed by atoms with E-state index in [0.29, 0.717) is 5.92 Å². The lowest BCUT2D eigenvalue weighted by molar-refractivity contribution is 0.575. The van der Waals surface area contributed by atoms with Crippen LogP contribution in [0.25, 0.3) is 34.8 Å². The molecule has 0 N–H and O–H groups in total. The predicted octanol–water partition coefficient (Wildman–Crippen LogP) is 5.30. The maximum atomic E-state index is 5.91. The first kappa shape index (κ1) is 15.7. The molecule has 1 heteroatoms. The van der Waals surface area contributed by atoms with Crippen molar-refractivity contribution in [1.82, 2.24) is 0 Å². The van der Waals surface area contributed by atoms with Crippen LogP contribution in [0.15, 0.2) is 70.7 Å². The van der Waals surface area contributed by atoms with Gasteiger partial charge in [-0.05, 0) is 55.2 Å². The van der Waals surface area contributed by atoms with E-state index in [9.17, 15) is 0 Å². The van der Waals surface area contributed by atoms with E-state index >= 15 is 0 Å². The molecule has 0 spiro atoms. The van der Waals surface area contributed by atoms with E-state index < -0.39 is 0 Å². The van der Waals surface area contributed by atoms with Crippen LogP contribution < -0.4 is 10.6 Å². The molecule has 0 radical (unpaired) electrons. The van der Waals surface area contributed by atoms with Gasteiger partial charge in [0.25, 0.3) is 0 Å². The summed E-state index contributed by atoms with van der Waals surface area (Å²) in [4.78, 5) is 0. The van der Waals surface area contributed by atoms with Gasteiger partial charge in [-0.25, -0.2) is 0 Å². The molecule has 0 fully saturated rings. The smallest absolute Gasteiger partial charge is 0.135 e. The van der Waals surface area contributed by atoms with Crippen molar-refractivity contribution < 1.29 is 4.42 Å². The Labute approximate surface area is 148 Å². The summed E-state index contributed by atoms with van der Waals surface area (Å²) in [5.74, 6) is 0.488. The molecule has 1 atom stereocenters. The number of allylic oxidation sites excluding steroid dienone is 4. The number of hydrogen-bond acceptors (Lipinski definition) is 1. The van der Waals surface area contributed by atoms with E-state index in [1.165, 1.54) is 22.3 Å². The lowest BCUT2D eigenvalue weighted by Gasteiger charge is -2.15. The molecule has 0 aliphatic heterocycles. The van der Waals surface area contributed by atoms with Crippen LogP contribution in [0.2, 0.25) is 0 Å². The van der Waals surface area contributed by atoms with Crippen molar-refractivity contribution in [3.8, 4) is 11.1 Å². The van der Waals surface area contributed by atoms with Gasteiger partial charge in [0.1, 0.15) is 11.0 Å². The standard InChI is InChI=1S/C24H22O/c1-4-23-17(3)22-14-13-21(15-24(22)25-23)20-11-9-19(10-12-20)18-7-5-16(2)6-8-18/h4-7,9-15,18H,3,8H2,1-2H3/b23-4+. The third-order valence-electron chi connectivity index (χ3n) is 5.04. The molecular weight excluding hydrogens is 304 g/mol. The van der Waals surface area contributed by atoms with Crippen molar-refractivity contribution >= 4 is 23.6 Å². The molecule has 1 heterocycles. The summed E-state index contributed by atoms with van der Waals surface area (Å²) in [5.41, 5.74) is 6.86. The SMILES string of the molecule is C=c1/c(=C\C)oc2cc(-c3ccc(C4C=CC(C)=CC4)cc3)ccc12. The second kappa shape index (κ2) is 6.25. The summed E-state index contributed by atoms with van der Waals surface area (Å²) in [6, 6.07) is 15.3. The van der Waals surface area contributed by atoms with Crippen LogP contribution in [0.4, 0.5) is 0 Å². The first-order valence-corrected chi connectivity index (χ1v) is 8.79. The highest BCUT2D eigenvalue weighted by Gasteiger charge is 2.10. The van der Waals surface area contributed by atoms with Gasteiger partial charge in [-0.15, -0.1) is 0 Å². The van der Waals surface area contributed by atoms with E-state index in [1.54, 1.807) is 0 Å². The van der Waals surface area contributed by atoms with Gasteiger partial charge >= 0.3 is 0 Å². The number of rotatable bonds is 2. The highest BCUT2D eigenvalue weighted by Crippen LogP contribution is 2.29. The Hall–Kier alpha value is -2.80. The van der Waals surface area contributed by atoms with Gasteiger partial charge in [-0.2, -0.15) is 0 Å². The molecule has 0 bridgehead atoms. The van der Waals surface area contributed by atoms with E-state index in [1.807, 2.05) is 13.0 Å². The lowest BCUT2D eigenvalue weighted by atomic mass is 9.89. The minimum Gasteiger partial charge on any atom is -0.456 e. The second-order valence-electron chi connectivity index (χ2n) is 6.72. The molecule has 3 aromatic rings. The summed E-state index contributed by atoms with van der Waals surface area (Å²) in [7, 11) is 0. The van der Waals surface area contributed by atoms with Crippen LogP contribution in [0.5, 0.6) is 0 Å². The molecule has 124 valence electrons. The van der Waals surface area contributed by atoms with Gasteiger partial charge in [0.05, 0.1) is 0 Å². The van der Waals surface area contributed by atoms with E-state index in [-0.39, 0.29) is 0 Å². The maximum absolute atomic E-state index is 5.91. The van der Waals surface area contributed by atoms with Gasteiger partial charge in [0.2, 0.25) is 0 Å². The zero-order valence-corrected chi connectivity index (χ0v) is 14.8. The molecule has 2 aromatic carbocycles. The number of benzene rings is 2. The number of furan rings is 1. The summed E-state index contributed by atoms with van der Waals surface area (Å²) in [5, 5.41) is 2.05. The minimum atomic E-state index is 0.488. The zero-order valence-electron chi connectivity index (χ0n) is 14.8. The van der Waals surface area contributed by atoms with Crippen molar-refractivity contribution in [3.63, 3.8) is 0 Å². The van der Waals surface area contributed by atoms with Crippen LogP contribution in [0, 0.1) is 0 Å². The number of hydrogen-bond donors (Lipinski definition) is 0. The number of fused-ring (bicyclic) bond motifs is 1. The second-order valence-corrected chi connectivity index (χ2v) is 6.72. The zero-order chi connectivity index (χ0) is 17.4. The molecule has 25 heavy (non-hydrogen) atoms. The van der Waals surface area contributed by atoms with Gasteiger partial charge < -0.3 is 4.42 Å². The average Bonchev–Trinajstić information content (AvgIpc) is 2.98. The monoisotopic (exact) mass is 326 g/mol. The molecular formula is C24H22O. The summed E-state index contributed by atoms with van der Waals surface area (Å²) in [6.07, 6.45) is 9.87. The minimum absolute atomic E-state index is 0.488. The normalized spacial score (nSPS) is 17.9. The van der Waals surface area contributed by atoms with Crippen molar-refractivity contribution in [2.45, 2.75) is 26.2 Å². The fourth-order valence-corrected chi connectivity index (χ4v) is 3.48. The van der Waals surface area contributed by atoms with Crippen LogP contribution in [0.3, 0.4) is 0 Å². The summed E-state index contributed by atoms with van der Waals surface area (Å²) >= 11 is 0. The Morgan fingerprint density at radius 1 is 1.08 bits per heavy atom. The highest BCUT2D eigenvalue weighted by molar-refractivity contribution is 5.83. The lowest BCUT2D eigenvalue weighted by Crippen LogP contribution is -2.16. The fraction of sp³-hybridized carbons (Fsp3) is 0.167.